The third-order valence-corrected chi connectivity index (χ3v) is 12.9. The molecule has 2 amide bonds. The van der Waals surface area contributed by atoms with Crippen molar-refractivity contribution in [2.24, 2.45) is 17.8 Å². The molecule has 1 N–H and O–H groups in total. The van der Waals surface area contributed by atoms with Gasteiger partial charge in [-0.2, -0.15) is 0 Å². The van der Waals surface area contributed by atoms with Crippen molar-refractivity contribution in [2.75, 3.05) is 37.7 Å². The van der Waals surface area contributed by atoms with Gasteiger partial charge >= 0.3 is 0 Å². The lowest BCUT2D eigenvalue weighted by molar-refractivity contribution is -0.144. The number of hydrogen-bond acceptors (Lipinski definition) is 6. The zero-order valence-corrected chi connectivity index (χ0v) is 29.0. The monoisotopic (exact) mass is 669 g/mol. The number of ether oxygens (including phenoxy) is 1. The van der Waals surface area contributed by atoms with Crippen LogP contribution in [0.15, 0.2) is 36.4 Å². The number of unbranched alkanes of at least 4 members (excludes halogenated alkanes) is 1. The van der Waals surface area contributed by atoms with E-state index in [0.29, 0.717) is 36.6 Å². The maximum atomic E-state index is 13.6. The average Bonchev–Trinajstić information content (AvgIpc) is 3.12. The molecule has 0 unspecified atom stereocenters. The van der Waals surface area contributed by atoms with Crippen molar-refractivity contribution in [3.63, 3.8) is 0 Å². The van der Waals surface area contributed by atoms with E-state index in [1.807, 2.05) is 11.0 Å². The fourth-order valence-electron chi connectivity index (χ4n) is 7.91. The van der Waals surface area contributed by atoms with Gasteiger partial charge in [0.1, 0.15) is 5.75 Å². The van der Waals surface area contributed by atoms with Gasteiger partial charge < -0.3 is 14.5 Å². The molecule has 1 spiro atoms. The molecule has 8 nitrogen and oxygen atoms in total. The lowest BCUT2D eigenvalue weighted by Gasteiger charge is -2.47. The highest BCUT2D eigenvalue weighted by molar-refractivity contribution is 7.90. The van der Waals surface area contributed by atoms with E-state index >= 15 is 0 Å². The second-order valence-electron chi connectivity index (χ2n) is 14.2. The number of aryl methyl sites for hydroxylation is 1. The first-order valence-corrected chi connectivity index (χ1v) is 19.1. The number of amides is 2. The molecule has 2 aromatic carbocycles. The minimum absolute atomic E-state index is 0.0477. The number of nitrogens with zero attached hydrogens (tertiary/aromatic N) is 2. The normalized spacial score (nSPS) is 24.6. The standard InChI is InChI=1S/C36H48ClN3O5S/c1-4-5-9-30(35(42)39-17-7-18-39)29-13-10-27(29)21-40-22-36(16-6-8-25-19-28(37)12-14-31(25)36)23-45-33-15-11-26(20-32(33)40)34(41)38-46(43,44)24(2)3/h11-12,14-15,19-20,24,27,29-30H,4-10,13,16-18,21-23H2,1-3H3,(H,38,41)/t27-,29+,30+,36-/m0/s1. The van der Waals surface area contributed by atoms with E-state index in [1.54, 1.807) is 32.0 Å². The molecule has 46 heavy (non-hydrogen) atoms. The molecule has 0 bridgehead atoms. The minimum Gasteiger partial charge on any atom is -0.490 e. The third kappa shape index (κ3) is 6.51. The lowest BCUT2D eigenvalue weighted by Crippen LogP contribution is -2.52. The van der Waals surface area contributed by atoms with Gasteiger partial charge in [-0.15, -0.1) is 0 Å². The highest BCUT2D eigenvalue weighted by Gasteiger charge is 2.46. The minimum atomic E-state index is -3.79. The molecule has 2 aliphatic carbocycles. The van der Waals surface area contributed by atoms with Crippen molar-refractivity contribution in [1.82, 2.24) is 9.62 Å². The maximum absolute atomic E-state index is 13.6. The molecule has 0 aromatic heterocycles. The van der Waals surface area contributed by atoms with Gasteiger partial charge in [-0.25, -0.2) is 13.1 Å². The van der Waals surface area contributed by atoms with Crippen LogP contribution < -0.4 is 14.4 Å². The molecule has 1 saturated carbocycles. The van der Waals surface area contributed by atoms with E-state index in [9.17, 15) is 18.0 Å². The van der Waals surface area contributed by atoms with Crippen LogP contribution in [0.3, 0.4) is 0 Å². The number of carbonyl (C=O) groups is 2. The second-order valence-corrected chi connectivity index (χ2v) is 16.9. The number of nitrogens with one attached hydrogen (secondary N) is 1. The van der Waals surface area contributed by atoms with Crippen LogP contribution in [0.4, 0.5) is 5.69 Å². The summed E-state index contributed by atoms with van der Waals surface area (Å²) in [6.07, 6.45) is 9.21. The Morgan fingerprint density at radius 3 is 2.59 bits per heavy atom. The molecule has 1 saturated heterocycles. The molecule has 2 fully saturated rings. The number of hydrogen-bond donors (Lipinski definition) is 1. The Labute approximate surface area is 279 Å². The van der Waals surface area contributed by atoms with E-state index in [-0.39, 0.29) is 16.9 Å². The Morgan fingerprint density at radius 1 is 1.11 bits per heavy atom. The highest BCUT2D eigenvalue weighted by Crippen LogP contribution is 2.48. The van der Waals surface area contributed by atoms with Crippen LogP contribution in [-0.4, -0.2) is 63.2 Å². The fraction of sp³-hybridized carbons (Fsp3) is 0.611. The first-order valence-electron chi connectivity index (χ1n) is 17.2. The summed E-state index contributed by atoms with van der Waals surface area (Å²) < 4.78 is 33.9. The molecule has 10 heteroatoms. The van der Waals surface area contributed by atoms with Gasteiger partial charge in [-0.3, -0.25) is 9.59 Å². The van der Waals surface area contributed by atoms with Gasteiger partial charge in [0.15, 0.2) is 0 Å². The Balaban J connectivity index is 1.34. The molecular weight excluding hydrogens is 622 g/mol. The summed E-state index contributed by atoms with van der Waals surface area (Å²) >= 11 is 6.44. The van der Waals surface area contributed by atoms with Crippen molar-refractivity contribution in [3.05, 3.63) is 58.1 Å². The lowest BCUT2D eigenvalue weighted by atomic mass is 9.64. The van der Waals surface area contributed by atoms with E-state index in [4.69, 9.17) is 16.3 Å². The predicted molar refractivity (Wildman–Crippen MR) is 182 cm³/mol. The van der Waals surface area contributed by atoms with Crippen LogP contribution >= 0.6 is 11.6 Å². The van der Waals surface area contributed by atoms with Crippen molar-refractivity contribution in [1.29, 1.82) is 0 Å². The average molecular weight is 670 g/mol. The third-order valence-electron chi connectivity index (χ3n) is 11.0. The van der Waals surface area contributed by atoms with Gasteiger partial charge in [0, 0.05) is 48.1 Å². The first-order chi connectivity index (χ1) is 22.0. The molecule has 4 aliphatic rings. The number of carbonyl (C=O) groups excluding carboxylic acids is 2. The molecular formula is C36H48ClN3O5S. The summed E-state index contributed by atoms with van der Waals surface area (Å²) in [7, 11) is -3.79. The van der Waals surface area contributed by atoms with Gasteiger partial charge in [-0.1, -0.05) is 37.4 Å². The van der Waals surface area contributed by atoms with Crippen molar-refractivity contribution in [3.8, 4) is 5.75 Å². The predicted octanol–water partition coefficient (Wildman–Crippen LogP) is 6.35. The summed E-state index contributed by atoms with van der Waals surface area (Å²) in [6, 6.07) is 11.4. The van der Waals surface area contributed by atoms with Crippen LogP contribution in [0.5, 0.6) is 5.75 Å². The quantitative estimate of drug-likeness (QED) is 0.317. The highest BCUT2D eigenvalue weighted by atomic mass is 35.5. The van der Waals surface area contributed by atoms with Crippen LogP contribution in [0.1, 0.15) is 93.6 Å². The van der Waals surface area contributed by atoms with Crippen LogP contribution in [-0.2, 0) is 26.7 Å². The van der Waals surface area contributed by atoms with Gasteiger partial charge in [0.05, 0.1) is 17.5 Å². The summed E-state index contributed by atoms with van der Waals surface area (Å²) in [5.74, 6) is 1.08. The SMILES string of the molecule is CCCC[C@@H](C(=O)N1CCC1)[C@@H]1CC[C@H]1CN1C[C@@]2(CCCc3cc(Cl)ccc32)COc2ccc(C(=O)NS(=O)(=O)C(C)C)cc21. The van der Waals surface area contributed by atoms with Crippen LogP contribution in [0, 0.1) is 17.8 Å². The number of rotatable bonds is 10. The van der Waals surface area contributed by atoms with Crippen molar-refractivity contribution >= 4 is 39.1 Å². The number of benzene rings is 2. The van der Waals surface area contributed by atoms with E-state index in [0.717, 1.165) is 88.1 Å². The maximum Gasteiger partial charge on any atom is 0.264 e. The molecule has 2 aromatic rings. The Hall–Kier alpha value is -2.78. The Morgan fingerprint density at radius 2 is 1.91 bits per heavy atom. The number of halogens is 1. The van der Waals surface area contributed by atoms with Crippen LogP contribution in [0.25, 0.3) is 0 Å². The summed E-state index contributed by atoms with van der Waals surface area (Å²) in [6.45, 7) is 8.98. The van der Waals surface area contributed by atoms with Gasteiger partial charge in [0.2, 0.25) is 15.9 Å². The molecule has 4 atom stereocenters. The van der Waals surface area contributed by atoms with Crippen molar-refractivity contribution in [2.45, 2.75) is 89.2 Å². The number of sulfonamides is 1. The molecule has 6 rings (SSSR count). The van der Waals surface area contributed by atoms with E-state index < -0.39 is 21.2 Å². The molecule has 2 heterocycles. The summed E-state index contributed by atoms with van der Waals surface area (Å²) in [5, 5.41) is 0.00630. The van der Waals surface area contributed by atoms with Gasteiger partial charge in [-0.05, 0) is 112 Å². The molecule has 0 radical (unpaired) electrons. The zero-order chi connectivity index (χ0) is 32.6. The molecule has 250 valence electrons. The van der Waals surface area contributed by atoms with Gasteiger partial charge in [0.25, 0.3) is 5.91 Å². The second kappa shape index (κ2) is 13.4. The number of anilines is 1. The zero-order valence-electron chi connectivity index (χ0n) is 27.4. The molecule has 2 aliphatic heterocycles. The Bertz CT molecular complexity index is 1580. The fourth-order valence-corrected chi connectivity index (χ4v) is 8.72. The van der Waals surface area contributed by atoms with Crippen molar-refractivity contribution < 1.29 is 22.7 Å². The topological polar surface area (TPSA) is 96.0 Å². The van der Waals surface area contributed by atoms with Crippen LogP contribution in [0.2, 0.25) is 5.02 Å². The number of likely N-dealkylation sites (tertiary alicyclic amines) is 1. The largest absolute Gasteiger partial charge is 0.490 e. The smallest absolute Gasteiger partial charge is 0.264 e. The first kappa shape index (κ1) is 33.1. The summed E-state index contributed by atoms with van der Waals surface area (Å²) in [5.41, 5.74) is 3.34. The van der Waals surface area contributed by atoms with E-state index in [2.05, 4.69) is 28.7 Å². The summed E-state index contributed by atoms with van der Waals surface area (Å²) in [4.78, 5) is 31.3. The van der Waals surface area contributed by atoms with E-state index in [1.165, 1.54) is 11.1 Å². The Kier molecular flexibility index (Phi) is 9.64. The number of fused-ring (bicyclic) bond motifs is 3.